The highest BCUT2D eigenvalue weighted by atomic mass is 16.2. The van der Waals surface area contributed by atoms with Gasteiger partial charge in [-0.3, -0.25) is 9.59 Å². The minimum Gasteiger partial charge on any atom is -0.321 e. The van der Waals surface area contributed by atoms with Crippen molar-refractivity contribution in [1.29, 1.82) is 0 Å². The SMILES string of the molecule is NC1(c2ccc3[nH]c(=O)c(=O)[nH]c3c2)CCCCC1. The molecule has 1 aliphatic rings. The molecule has 0 unspecified atom stereocenters. The number of fused-ring (bicyclic) bond motifs is 1. The maximum absolute atomic E-state index is 11.4. The fourth-order valence-electron chi connectivity index (χ4n) is 2.90. The molecule has 2 aromatic rings. The topological polar surface area (TPSA) is 91.7 Å². The van der Waals surface area contributed by atoms with Crippen LogP contribution in [0.25, 0.3) is 11.0 Å². The van der Waals surface area contributed by atoms with Crippen LogP contribution in [0.4, 0.5) is 0 Å². The predicted molar refractivity (Wildman–Crippen MR) is 74.1 cm³/mol. The first-order valence-electron chi connectivity index (χ1n) is 6.64. The van der Waals surface area contributed by atoms with Crippen molar-refractivity contribution in [2.24, 2.45) is 5.73 Å². The van der Waals surface area contributed by atoms with Crippen molar-refractivity contribution in [3.8, 4) is 0 Å². The Morgan fingerprint density at radius 2 is 1.58 bits per heavy atom. The zero-order valence-electron chi connectivity index (χ0n) is 10.7. The Kier molecular flexibility index (Phi) is 2.78. The van der Waals surface area contributed by atoms with E-state index < -0.39 is 11.1 Å². The zero-order valence-corrected chi connectivity index (χ0v) is 10.7. The average Bonchev–Trinajstić information content (AvgIpc) is 2.40. The summed E-state index contributed by atoms with van der Waals surface area (Å²) in [6, 6.07) is 5.64. The van der Waals surface area contributed by atoms with Gasteiger partial charge in [-0.05, 0) is 30.5 Å². The first-order valence-corrected chi connectivity index (χ1v) is 6.64. The van der Waals surface area contributed by atoms with E-state index in [1.54, 1.807) is 0 Å². The van der Waals surface area contributed by atoms with Gasteiger partial charge < -0.3 is 15.7 Å². The monoisotopic (exact) mass is 259 g/mol. The minimum absolute atomic E-state index is 0.306. The van der Waals surface area contributed by atoms with Crippen molar-refractivity contribution in [3.05, 3.63) is 44.5 Å². The number of aromatic nitrogens is 2. The molecule has 0 spiro atoms. The lowest BCUT2D eigenvalue weighted by Gasteiger charge is -2.34. The summed E-state index contributed by atoms with van der Waals surface area (Å²) in [7, 11) is 0. The first kappa shape index (κ1) is 12.2. The molecular formula is C14H17N3O2. The summed E-state index contributed by atoms with van der Waals surface area (Å²) in [4.78, 5) is 27.8. The summed E-state index contributed by atoms with van der Waals surface area (Å²) in [5.41, 5.74) is 7.22. The van der Waals surface area contributed by atoms with Gasteiger partial charge in [0.25, 0.3) is 0 Å². The zero-order chi connectivity index (χ0) is 13.5. The van der Waals surface area contributed by atoms with Crippen LogP contribution in [-0.4, -0.2) is 9.97 Å². The molecule has 0 bridgehead atoms. The van der Waals surface area contributed by atoms with Crippen LogP contribution >= 0.6 is 0 Å². The van der Waals surface area contributed by atoms with E-state index in [1.807, 2.05) is 18.2 Å². The predicted octanol–water partition coefficient (Wildman–Crippen LogP) is 1.33. The number of rotatable bonds is 1. The lowest BCUT2D eigenvalue weighted by Crippen LogP contribution is -2.38. The molecule has 1 heterocycles. The van der Waals surface area contributed by atoms with Gasteiger partial charge in [-0.15, -0.1) is 0 Å². The molecular weight excluding hydrogens is 242 g/mol. The molecule has 1 aromatic heterocycles. The lowest BCUT2D eigenvalue weighted by molar-refractivity contribution is 0.302. The third kappa shape index (κ3) is 2.10. The van der Waals surface area contributed by atoms with E-state index in [4.69, 9.17) is 5.73 Å². The van der Waals surface area contributed by atoms with E-state index in [1.165, 1.54) is 6.42 Å². The van der Waals surface area contributed by atoms with Crippen LogP contribution in [0, 0.1) is 0 Å². The fourth-order valence-corrected chi connectivity index (χ4v) is 2.90. The van der Waals surface area contributed by atoms with Crippen molar-refractivity contribution in [3.63, 3.8) is 0 Å². The number of hydrogen-bond acceptors (Lipinski definition) is 3. The highest BCUT2D eigenvalue weighted by molar-refractivity contribution is 5.74. The second kappa shape index (κ2) is 4.35. The van der Waals surface area contributed by atoms with Crippen LogP contribution in [0.3, 0.4) is 0 Å². The molecule has 1 saturated carbocycles. The highest BCUT2D eigenvalue weighted by Crippen LogP contribution is 2.35. The Morgan fingerprint density at radius 3 is 2.26 bits per heavy atom. The Bertz CT molecular complexity index is 723. The van der Waals surface area contributed by atoms with Gasteiger partial charge in [0.2, 0.25) is 0 Å². The van der Waals surface area contributed by atoms with E-state index in [9.17, 15) is 9.59 Å². The van der Waals surface area contributed by atoms with E-state index >= 15 is 0 Å². The van der Waals surface area contributed by atoms with Gasteiger partial charge in [-0.2, -0.15) is 0 Å². The smallest absolute Gasteiger partial charge is 0.314 e. The Morgan fingerprint density at radius 1 is 0.947 bits per heavy atom. The molecule has 1 aromatic carbocycles. The Labute approximate surface area is 109 Å². The van der Waals surface area contributed by atoms with Crippen LogP contribution in [-0.2, 0) is 5.54 Å². The minimum atomic E-state index is -0.626. The molecule has 5 nitrogen and oxygen atoms in total. The van der Waals surface area contributed by atoms with Crippen LogP contribution in [0.2, 0.25) is 0 Å². The van der Waals surface area contributed by atoms with E-state index in [0.29, 0.717) is 11.0 Å². The summed E-state index contributed by atoms with van der Waals surface area (Å²) < 4.78 is 0. The first-order chi connectivity index (χ1) is 9.08. The van der Waals surface area contributed by atoms with Gasteiger partial charge in [0, 0.05) is 5.54 Å². The maximum Gasteiger partial charge on any atom is 0.314 e. The van der Waals surface area contributed by atoms with Gasteiger partial charge in [-0.25, -0.2) is 0 Å². The molecule has 19 heavy (non-hydrogen) atoms. The van der Waals surface area contributed by atoms with Crippen molar-refractivity contribution < 1.29 is 0 Å². The number of nitrogens with one attached hydrogen (secondary N) is 2. The van der Waals surface area contributed by atoms with E-state index in [-0.39, 0.29) is 5.54 Å². The number of benzene rings is 1. The van der Waals surface area contributed by atoms with Crippen molar-refractivity contribution in [2.45, 2.75) is 37.6 Å². The third-order valence-electron chi connectivity index (χ3n) is 4.04. The summed E-state index contributed by atoms with van der Waals surface area (Å²) in [6.07, 6.45) is 5.43. The Balaban J connectivity index is 2.13. The third-order valence-corrected chi connectivity index (χ3v) is 4.04. The van der Waals surface area contributed by atoms with Gasteiger partial charge in [0.1, 0.15) is 0 Å². The van der Waals surface area contributed by atoms with Crippen LogP contribution in [0.1, 0.15) is 37.7 Å². The summed E-state index contributed by atoms with van der Waals surface area (Å²) in [5.74, 6) is 0. The van der Waals surface area contributed by atoms with E-state index in [2.05, 4.69) is 9.97 Å². The maximum atomic E-state index is 11.4. The van der Waals surface area contributed by atoms with Gasteiger partial charge in [0.15, 0.2) is 0 Å². The number of hydrogen-bond donors (Lipinski definition) is 3. The highest BCUT2D eigenvalue weighted by Gasteiger charge is 2.29. The molecule has 0 amide bonds. The second-order valence-electron chi connectivity index (χ2n) is 5.39. The molecule has 0 radical (unpaired) electrons. The lowest BCUT2D eigenvalue weighted by atomic mass is 9.77. The molecule has 1 fully saturated rings. The molecule has 5 heteroatoms. The number of H-pyrrole nitrogens is 2. The number of aromatic amines is 2. The average molecular weight is 259 g/mol. The summed E-state index contributed by atoms with van der Waals surface area (Å²) >= 11 is 0. The second-order valence-corrected chi connectivity index (χ2v) is 5.39. The molecule has 0 saturated heterocycles. The standard InChI is InChI=1S/C14H17N3O2/c15-14(6-2-1-3-7-14)9-4-5-10-11(8-9)17-13(19)12(18)16-10/h4-5,8H,1-3,6-7,15H2,(H,16,18)(H,17,19). The molecule has 4 N–H and O–H groups in total. The van der Waals surface area contributed by atoms with Crippen molar-refractivity contribution in [1.82, 2.24) is 9.97 Å². The van der Waals surface area contributed by atoms with E-state index in [0.717, 1.165) is 31.2 Å². The van der Waals surface area contributed by atoms with Crippen molar-refractivity contribution >= 4 is 11.0 Å². The van der Waals surface area contributed by atoms with Gasteiger partial charge >= 0.3 is 11.1 Å². The summed E-state index contributed by atoms with van der Waals surface area (Å²) in [6.45, 7) is 0. The van der Waals surface area contributed by atoms with Crippen LogP contribution < -0.4 is 16.9 Å². The summed E-state index contributed by atoms with van der Waals surface area (Å²) in [5, 5.41) is 0. The molecule has 100 valence electrons. The quantitative estimate of drug-likeness (QED) is 0.675. The fraction of sp³-hybridized carbons (Fsp3) is 0.429. The van der Waals surface area contributed by atoms with Gasteiger partial charge in [0.05, 0.1) is 11.0 Å². The molecule has 0 aliphatic heterocycles. The van der Waals surface area contributed by atoms with Crippen LogP contribution in [0.15, 0.2) is 27.8 Å². The van der Waals surface area contributed by atoms with Gasteiger partial charge in [-0.1, -0.05) is 25.3 Å². The van der Waals surface area contributed by atoms with Crippen LogP contribution in [0.5, 0.6) is 0 Å². The Hall–Kier alpha value is -1.88. The largest absolute Gasteiger partial charge is 0.321 e. The normalized spacial score (nSPS) is 18.6. The molecule has 1 aliphatic carbocycles. The molecule has 3 rings (SSSR count). The van der Waals surface area contributed by atoms with Crippen molar-refractivity contribution in [2.75, 3.05) is 0 Å². The molecule has 0 atom stereocenters. The number of nitrogens with two attached hydrogens (primary N) is 1.